The fraction of sp³-hybridized carbons (Fsp3) is 0.444. The van der Waals surface area contributed by atoms with Crippen LogP contribution in [0.4, 0.5) is 4.79 Å². The molecular weight excluding hydrogens is 304 g/mol. The van der Waals surface area contributed by atoms with Crippen LogP contribution >= 0.6 is 0 Å². The fourth-order valence-electron chi connectivity index (χ4n) is 2.19. The first-order valence-corrected chi connectivity index (χ1v) is 8.18. The van der Waals surface area contributed by atoms with E-state index in [0.29, 0.717) is 19.1 Å². The third kappa shape index (κ3) is 5.61. The Morgan fingerprint density at radius 3 is 2.79 bits per heavy atom. The molecule has 2 aromatic rings. The molecule has 0 fully saturated rings. The molecule has 1 aromatic heterocycles. The number of hydrogen-bond acceptors (Lipinski definition) is 3. The average molecular weight is 330 g/mol. The van der Waals surface area contributed by atoms with E-state index >= 15 is 0 Å². The number of carbonyl (C=O) groups is 1. The number of nitrogens with zero attached hydrogens (tertiary/aromatic N) is 2. The lowest BCUT2D eigenvalue weighted by molar-refractivity contribution is 0.237. The number of aromatic nitrogens is 2. The number of urea groups is 1. The van der Waals surface area contributed by atoms with E-state index in [1.165, 1.54) is 0 Å². The van der Waals surface area contributed by atoms with E-state index in [2.05, 4.69) is 29.6 Å². The van der Waals surface area contributed by atoms with Crippen molar-refractivity contribution in [1.82, 2.24) is 20.4 Å². The van der Waals surface area contributed by atoms with Crippen LogP contribution in [0.25, 0.3) is 0 Å². The van der Waals surface area contributed by atoms with Crippen molar-refractivity contribution in [2.75, 3.05) is 6.61 Å². The van der Waals surface area contributed by atoms with Crippen LogP contribution in [0, 0.1) is 5.92 Å². The van der Waals surface area contributed by atoms with Gasteiger partial charge in [0, 0.05) is 25.4 Å². The molecule has 6 nitrogen and oxygen atoms in total. The summed E-state index contributed by atoms with van der Waals surface area (Å²) in [6, 6.07) is 7.47. The second kappa shape index (κ2) is 8.38. The van der Waals surface area contributed by atoms with Gasteiger partial charge in [-0.25, -0.2) is 4.79 Å². The molecule has 0 bridgehead atoms. The summed E-state index contributed by atoms with van der Waals surface area (Å²) in [6.07, 6.45) is 3.64. The molecule has 6 heteroatoms. The van der Waals surface area contributed by atoms with Gasteiger partial charge in [-0.05, 0) is 30.5 Å². The average Bonchev–Trinajstić information content (AvgIpc) is 2.98. The molecule has 2 amide bonds. The Balaban J connectivity index is 1.82. The van der Waals surface area contributed by atoms with Crippen molar-refractivity contribution in [3.05, 3.63) is 47.8 Å². The number of nitrogens with one attached hydrogen (secondary N) is 2. The van der Waals surface area contributed by atoms with E-state index in [1.54, 1.807) is 10.9 Å². The number of rotatable bonds is 7. The normalized spacial score (nSPS) is 12.0. The molecule has 0 aliphatic carbocycles. The van der Waals surface area contributed by atoms with Crippen LogP contribution < -0.4 is 15.4 Å². The number of aryl methyl sites for hydroxylation is 1. The first-order valence-electron chi connectivity index (χ1n) is 8.18. The molecule has 0 radical (unpaired) electrons. The maximum atomic E-state index is 12.0. The maximum absolute atomic E-state index is 12.0. The summed E-state index contributed by atoms with van der Waals surface area (Å²) in [5.74, 6) is 1.30. The van der Waals surface area contributed by atoms with Gasteiger partial charge in [-0.2, -0.15) is 5.10 Å². The van der Waals surface area contributed by atoms with E-state index in [-0.39, 0.29) is 12.1 Å². The van der Waals surface area contributed by atoms with E-state index in [1.807, 2.05) is 44.4 Å². The van der Waals surface area contributed by atoms with Gasteiger partial charge in [-0.1, -0.05) is 26.0 Å². The van der Waals surface area contributed by atoms with Gasteiger partial charge in [0.15, 0.2) is 0 Å². The van der Waals surface area contributed by atoms with Gasteiger partial charge in [0.05, 0.1) is 18.8 Å². The first-order chi connectivity index (χ1) is 11.4. The Labute approximate surface area is 143 Å². The number of carbonyl (C=O) groups excluding carboxylic acids is 1. The van der Waals surface area contributed by atoms with Crippen molar-refractivity contribution in [3.63, 3.8) is 0 Å². The van der Waals surface area contributed by atoms with Crippen LogP contribution in [-0.2, 0) is 13.6 Å². The minimum absolute atomic E-state index is 0.0978. The van der Waals surface area contributed by atoms with E-state index in [0.717, 1.165) is 16.9 Å². The highest BCUT2D eigenvalue weighted by Gasteiger charge is 2.10. The molecule has 0 aliphatic rings. The fourth-order valence-corrected chi connectivity index (χ4v) is 2.19. The highest BCUT2D eigenvalue weighted by molar-refractivity contribution is 5.74. The zero-order valence-electron chi connectivity index (χ0n) is 14.7. The SMILES string of the molecule is CC(C)COc1cccc(CNC(=O)NC(C)c2cnn(C)c2)c1. The van der Waals surface area contributed by atoms with Crippen molar-refractivity contribution >= 4 is 6.03 Å². The van der Waals surface area contributed by atoms with E-state index in [4.69, 9.17) is 4.74 Å². The molecule has 0 saturated carbocycles. The van der Waals surface area contributed by atoms with Crippen LogP contribution in [0.1, 0.15) is 37.9 Å². The van der Waals surface area contributed by atoms with Gasteiger partial charge >= 0.3 is 6.03 Å². The van der Waals surface area contributed by atoms with Crippen molar-refractivity contribution in [2.24, 2.45) is 13.0 Å². The highest BCUT2D eigenvalue weighted by Crippen LogP contribution is 2.14. The van der Waals surface area contributed by atoms with Gasteiger partial charge in [0.2, 0.25) is 0 Å². The second-order valence-corrected chi connectivity index (χ2v) is 6.35. The predicted molar refractivity (Wildman–Crippen MR) is 93.8 cm³/mol. The monoisotopic (exact) mass is 330 g/mol. The summed E-state index contributed by atoms with van der Waals surface area (Å²) in [5.41, 5.74) is 1.97. The summed E-state index contributed by atoms with van der Waals surface area (Å²) >= 11 is 0. The molecule has 24 heavy (non-hydrogen) atoms. The Morgan fingerprint density at radius 2 is 2.12 bits per heavy atom. The summed E-state index contributed by atoms with van der Waals surface area (Å²) in [6.45, 7) is 7.28. The van der Waals surface area contributed by atoms with Crippen LogP contribution in [0.5, 0.6) is 5.75 Å². The quantitative estimate of drug-likeness (QED) is 0.820. The number of ether oxygens (including phenoxy) is 1. The van der Waals surface area contributed by atoms with Gasteiger partial charge in [0.25, 0.3) is 0 Å². The Morgan fingerprint density at radius 1 is 1.33 bits per heavy atom. The topological polar surface area (TPSA) is 68.2 Å². The minimum Gasteiger partial charge on any atom is -0.493 e. The highest BCUT2D eigenvalue weighted by atomic mass is 16.5. The maximum Gasteiger partial charge on any atom is 0.315 e. The third-order valence-electron chi connectivity index (χ3n) is 3.51. The summed E-state index contributed by atoms with van der Waals surface area (Å²) in [5, 5.41) is 9.87. The third-order valence-corrected chi connectivity index (χ3v) is 3.51. The first kappa shape index (κ1) is 17.8. The van der Waals surface area contributed by atoms with E-state index < -0.39 is 0 Å². The molecule has 1 atom stereocenters. The van der Waals surface area contributed by atoms with Crippen LogP contribution in [-0.4, -0.2) is 22.4 Å². The zero-order chi connectivity index (χ0) is 17.5. The Hall–Kier alpha value is -2.50. The molecule has 0 spiro atoms. The number of amides is 2. The minimum atomic E-state index is -0.208. The van der Waals surface area contributed by atoms with Crippen LogP contribution in [0.2, 0.25) is 0 Å². The zero-order valence-corrected chi connectivity index (χ0v) is 14.7. The Kier molecular flexibility index (Phi) is 6.23. The number of benzene rings is 1. The molecule has 0 saturated heterocycles. The van der Waals surface area contributed by atoms with Crippen molar-refractivity contribution in [1.29, 1.82) is 0 Å². The number of hydrogen-bond donors (Lipinski definition) is 2. The second-order valence-electron chi connectivity index (χ2n) is 6.35. The van der Waals surface area contributed by atoms with Gasteiger partial charge in [-0.15, -0.1) is 0 Å². The molecule has 2 N–H and O–H groups in total. The van der Waals surface area contributed by atoms with Crippen molar-refractivity contribution in [2.45, 2.75) is 33.4 Å². The molecule has 1 unspecified atom stereocenters. The van der Waals surface area contributed by atoms with Crippen LogP contribution in [0.3, 0.4) is 0 Å². The smallest absolute Gasteiger partial charge is 0.315 e. The molecule has 0 aliphatic heterocycles. The Bertz CT molecular complexity index is 667. The van der Waals surface area contributed by atoms with Gasteiger partial charge < -0.3 is 15.4 Å². The predicted octanol–water partition coefficient (Wildman–Crippen LogP) is 3.02. The molecule has 130 valence electrons. The summed E-state index contributed by atoms with van der Waals surface area (Å²) in [7, 11) is 1.85. The lowest BCUT2D eigenvalue weighted by Crippen LogP contribution is -2.36. The van der Waals surface area contributed by atoms with Crippen molar-refractivity contribution in [3.8, 4) is 5.75 Å². The lowest BCUT2D eigenvalue weighted by atomic mass is 10.2. The van der Waals surface area contributed by atoms with E-state index in [9.17, 15) is 4.79 Å². The standard InChI is InChI=1S/C18H26N4O2/c1-13(2)12-24-17-7-5-6-15(8-17)9-19-18(23)21-14(3)16-10-20-22(4)11-16/h5-8,10-11,13-14H,9,12H2,1-4H3,(H2,19,21,23). The molecular formula is C18H26N4O2. The van der Waals surface area contributed by atoms with Crippen molar-refractivity contribution < 1.29 is 9.53 Å². The molecule has 1 heterocycles. The van der Waals surface area contributed by atoms with Gasteiger partial charge in [-0.3, -0.25) is 4.68 Å². The molecule has 2 rings (SSSR count). The molecule has 1 aromatic carbocycles. The summed E-state index contributed by atoms with van der Waals surface area (Å²) < 4.78 is 7.42. The summed E-state index contributed by atoms with van der Waals surface area (Å²) in [4.78, 5) is 12.0. The van der Waals surface area contributed by atoms with Crippen LogP contribution in [0.15, 0.2) is 36.7 Å². The largest absolute Gasteiger partial charge is 0.493 e. The van der Waals surface area contributed by atoms with Gasteiger partial charge in [0.1, 0.15) is 5.75 Å². The lowest BCUT2D eigenvalue weighted by Gasteiger charge is -2.14.